The number of imidazole rings is 1. The number of phenolic OH excluding ortho intramolecular Hbond substituents is 1. The van der Waals surface area contributed by atoms with Gasteiger partial charge in [0, 0.05) is 13.0 Å². The minimum Gasteiger partial charge on any atom is -0.505 e. The third-order valence-electron chi connectivity index (χ3n) is 4.24. The number of hydrogen-bond donors (Lipinski definition) is 2. The highest BCUT2D eigenvalue weighted by molar-refractivity contribution is 5.76. The molecule has 3 rings (SSSR count). The van der Waals surface area contributed by atoms with Crippen LogP contribution in [0.4, 0.5) is 4.39 Å². The van der Waals surface area contributed by atoms with Crippen molar-refractivity contribution < 1.29 is 14.3 Å². The zero-order valence-electron chi connectivity index (χ0n) is 14.4. The van der Waals surface area contributed by atoms with Crippen molar-refractivity contribution in [2.45, 2.75) is 26.3 Å². The van der Waals surface area contributed by atoms with Gasteiger partial charge in [0.1, 0.15) is 0 Å². The predicted molar refractivity (Wildman–Crippen MR) is 96.3 cm³/mol. The molecule has 0 spiro atoms. The van der Waals surface area contributed by atoms with Gasteiger partial charge in [-0.05, 0) is 29.7 Å². The number of carbonyl (C=O) groups excluding carboxylic acids is 1. The first kappa shape index (κ1) is 17.7. The van der Waals surface area contributed by atoms with E-state index >= 15 is 0 Å². The van der Waals surface area contributed by atoms with Gasteiger partial charge in [0.25, 0.3) is 0 Å². The van der Waals surface area contributed by atoms with Gasteiger partial charge < -0.3 is 15.4 Å². The standard InChI is InChI=1S/C20H20FN3O2/c1-13-7-15(9-18(25)20(13)21)11-24-12-23-16(17(24)10-19(22)26)8-14-5-3-2-4-6-14/h2-7,9,12,25H,8,10-11H2,1H3,(H2,22,26). The highest BCUT2D eigenvalue weighted by atomic mass is 19.1. The Morgan fingerprint density at radius 3 is 2.62 bits per heavy atom. The Morgan fingerprint density at radius 2 is 1.96 bits per heavy atom. The molecule has 0 unspecified atom stereocenters. The van der Waals surface area contributed by atoms with Gasteiger partial charge in [0.05, 0.1) is 24.1 Å². The highest BCUT2D eigenvalue weighted by Gasteiger charge is 2.15. The maximum atomic E-state index is 13.6. The van der Waals surface area contributed by atoms with Gasteiger partial charge in [0.15, 0.2) is 11.6 Å². The molecule has 3 N–H and O–H groups in total. The molecule has 0 saturated heterocycles. The molecule has 0 radical (unpaired) electrons. The first-order valence-corrected chi connectivity index (χ1v) is 8.27. The van der Waals surface area contributed by atoms with Crippen LogP contribution in [0.5, 0.6) is 5.75 Å². The summed E-state index contributed by atoms with van der Waals surface area (Å²) in [6.07, 6.45) is 2.30. The number of amides is 1. The number of aromatic hydroxyl groups is 1. The number of benzene rings is 2. The number of rotatable bonds is 6. The van der Waals surface area contributed by atoms with Crippen molar-refractivity contribution in [3.63, 3.8) is 0 Å². The monoisotopic (exact) mass is 353 g/mol. The van der Waals surface area contributed by atoms with Crippen LogP contribution < -0.4 is 5.73 Å². The zero-order chi connectivity index (χ0) is 18.7. The highest BCUT2D eigenvalue weighted by Crippen LogP contribution is 2.23. The first-order valence-electron chi connectivity index (χ1n) is 8.27. The molecule has 5 nitrogen and oxygen atoms in total. The lowest BCUT2D eigenvalue weighted by atomic mass is 10.1. The van der Waals surface area contributed by atoms with E-state index in [9.17, 15) is 14.3 Å². The summed E-state index contributed by atoms with van der Waals surface area (Å²) in [5.41, 5.74) is 9.07. The zero-order valence-corrected chi connectivity index (χ0v) is 14.4. The van der Waals surface area contributed by atoms with Crippen LogP contribution in [0.15, 0.2) is 48.8 Å². The number of halogens is 1. The van der Waals surface area contributed by atoms with E-state index in [2.05, 4.69) is 4.98 Å². The van der Waals surface area contributed by atoms with Crippen LogP contribution in [0.2, 0.25) is 0 Å². The minimum absolute atomic E-state index is 0.0638. The van der Waals surface area contributed by atoms with E-state index in [1.165, 1.54) is 6.07 Å². The molecule has 26 heavy (non-hydrogen) atoms. The van der Waals surface area contributed by atoms with Gasteiger partial charge in [0.2, 0.25) is 5.91 Å². The number of primary amides is 1. The molecule has 2 aromatic carbocycles. The molecule has 1 heterocycles. The molecule has 0 atom stereocenters. The van der Waals surface area contributed by atoms with Crippen molar-refractivity contribution in [2.75, 3.05) is 0 Å². The number of carbonyl (C=O) groups is 1. The molecule has 0 fully saturated rings. The van der Waals surface area contributed by atoms with Gasteiger partial charge in [-0.3, -0.25) is 4.79 Å². The van der Waals surface area contributed by atoms with Crippen LogP contribution in [-0.2, 0) is 24.2 Å². The Bertz CT molecular complexity index is 912. The smallest absolute Gasteiger partial charge is 0.223 e. The fourth-order valence-corrected chi connectivity index (χ4v) is 3.00. The van der Waals surface area contributed by atoms with Crippen LogP contribution in [-0.4, -0.2) is 20.6 Å². The first-order chi connectivity index (χ1) is 12.4. The van der Waals surface area contributed by atoms with Gasteiger partial charge in [-0.25, -0.2) is 9.37 Å². The average molecular weight is 353 g/mol. The second-order valence-corrected chi connectivity index (χ2v) is 6.32. The predicted octanol–water partition coefficient (Wildman–Crippen LogP) is 2.70. The number of phenols is 1. The summed E-state index contributed by atoms with van der Waals surface area (Å²) in [6, 6.07) is 12.9. The molecule has 1 aromatic heterocycles. The summed E-state index contributed by atoms with van der Waals surface area (Å²) in [4.78, 5) is 16.0. The quantitative estimate of drug-likeness (QED) is 0.715. The molecule has 0 aliphatic heterocycles. The van der Waals surface area contributed by atoms with Crippen molar-refractivity contribution in [1.82, 2.24) is 9.55 Å². The Balaban J connectivity index is 1.93. The number of aromatic nitrogens is 2. The molecule has 0 aliphatic carbocycles. The van der Waals surface area contributed by atoms with Crippen LogP contribution in [0, 0.1) is 12.7 Å². The van der Waals surface area contributed by atoms with Crippen LogP contribution in [0.1, 0.15) is 28.1 Å². The molecule has 134 valence electrons. The number of nitrogens with zero attached hydrogens (tertiary/aromatic N) is 2. The number of hydrogen-bond acceptors (Lipinski definition) is 3. The lowest BCUT2D eigenvalue weighted by Crippen LogP contribution is -2.18. The molecule has 1 amide bonds. The van der Waals surface area contributed by atoms with E-state index < -0.39 is 11.7 Å². The largest absolute Gasteiger partial charge is 0.505 e. The topological polar surface area (TPSA) is 81.1 Å². The normalized spacial score (nSPS) is 10.8. The van der Waals surface area contributed by atoms with Crippen LogP contribution >= 0.6 is 0 Å². The molecule has 6 heteroatoms. The van der Waals surface area contributed by atoms with Crippen molar-refractivity contribution in [2.24, 2.45) is 5.73 Å². The average Bonchev–Trinajstić information content (AvgIpc) is 2.95. The third-order valence-corrected chi connectivity index (χ3v) is 4.24. The van der Waals surface area contributed by atoms with Crippen molar-refractivity contribution in [3.05, 3.63) is 82.7 Å². The lowest BCUT2D eigenvalue weighted by Gasteiger charge is -2.11. The Labute approximate surface area is 150 Å². The Hall–Kier alpha value is -3.15. The Kier molecular flexibility index (Phi) is 5.02. The number of aryl methyl sites for hydroxylation is 1. The van der Waals surface area contributed by atoms with Crippen molar-refractivity contribution in [1.29, 1.82) is 0 Å². The van der Waals surface area contributed by atoms with Gasteiger partial charge in [-0.15, -0.1) is 0 Å². The van der Waals surface area contributed by atoms with E-state index in [1.807, 2.05) is 34.9 Å². The maximum Gasteiger partial charge on any atom is 0.223 e. The number of nitrogens with two attached hydrogens (primary N) is 1. The van der Waals surface area contributed by atoms with E-state index in [0.29, 0.717) is 18.5 Å². The van der Waals surface area contributed by atoms with Gasteiger partial charge in [-0.1, -0.05) is 36.4 Å². The fraction of sp³-hybridized carbons (Fsp3) is 0.200. The molecule has 0 bridgehead atoms. The summed E-state index contributed by atoms with van der Waals surface area (Å²) >= 11 is 0. The van der Waals surface area contributed by atoms with E-state index in [1.54, 1.807) is 19.3 Å². The second-order valence-electron chi connectivity index (χ2n) is 6.32. The Morgan fingerprint density at radius 1 is 1.23 bits per heavy atom. The summed E-state index contributed by atoms with van der Waals surface area (Å²) in [6.45, 7) is 1.96. The second kappa shape index (κ2) is 7.39. The molecular formula is C20H20FN3O2. The summed E-state index contributed by atoms with van der Waals surface area (Å²) in [5.74, 6) is -1.46. The van der Waals surface area contributed by atoms with Crippen LogP contribution in [0.25, 0.3) is 0 Å². The molecule has 3 aromatic rings. The van der Waals surface area contributed by atoms with E-state index in [4.69, 9.17) is 5.73 Å². The molecular weight excluding hydrogens is 333 g/mol. The summed E-state index contributed by atoms with van der Waals surface area (Å²) < 4.78 is 15.4. The SMILES string of the molecule is Cc1cc(Cn2cnc(Cc3ccccc3)c2CC(N)=O)cc(O)c1F. The van der Waals surface area contributed by atoms with E-state index in [0.717, 1.165) is 22.5 Å². The van der Waals surface area contributed by atoms with Crippen molar-refractivity contribution in [3.8, 4) is 5.75 Å². The van der Waals surface area contributed by atoms with Crippen molar-refractivity contribution >= 4 is 5.91 Å². The van der Waals surface area contributed by atoms with Gasteiger partial charge in [-0.2, -0.15) is 0 Å². The van der Waals surface area contributed by atoms with Crippen LogP contribution in [0.3, 0.4) is 0 Å². The van der Waals surface area contributed by atoms with Gasteiger partial charge >= 0.3 is 0 Å². The lowest BCUT2D eigenvalue weighted by molar-refractivity contribution is -0.117. The van der Waals surface area contributed by atoms with E-state index in [-0.39, 0.29) is 12.2 Å². The maximum absolute atomic E-state index is 13.6. The molecule has 0 aliphatic rings. The minimum atomic E-state index is -0.624. The molecule has 0 saturated carbocycles. The fourth-order valence-electron chi connectivity index (χ4n) is 3.00. The summed E-state index contributed by atoms with van der Waals surface area (Å²) in [7, 11) is 0. The summed E-state index contributed by atoms with van der Waals surface area (Å²) in [5, 5.41) is 9.70. The third kappa shape index (κ3) is 3.91.